The predicted molar refractivity (Wildman–Crippen MR) is 69.3 cm³/mol. The number of ether oxygens (including phenoxy) is 1. The van der Waals surface area contributed by atoms with Crippen LogP contribution < -0.4 is 5.32 Å². The number of amides is 1. The van der Waals surface area contributed by atoms with Crippen LogP contribution in [0.1, 0.15) is 38.6 Å². The van der Waals surface area contributed by atoms with E-state index in [0.717, 1.165) is 24.2 Å². The van der Waals surface area contributed by atoms with Crippen LogP contribution in [-0.4, -0.2) is 28.2 Å². The summed E-state index contributed by atoms with van der Waals surface area (Å²) in [6.07, 6.45) is 4.75. The fourth-order valence-electron chi connectivity index (χ4n) is 1.30. The Bertz CT molecular complexity index is 382. The lowest BCUT2D eigenvalue weighted by atomic mass is 10.2. The first-order valence-electron chi connectivity index (χ1n) is 6.11. The molecule has 0 aliphatic rings. The number of carbonyl (C=O) groups is 1. The minimum absolute atomic E-state index is 0.382. The lowest BCUT2D eigenvalue weighted by molar-refractivity contribution is 0.0527. The molecule has 1 amide bonds. The van der Waals surface area contributed by atoms with Crippen molar-refractivity contribution in [2.24, 2.45) is 0 Å². The third-order valence-electron chi connectivity index (χ3n) is 2.08. The van der Waals surface area contributed by atoms with Crippen LogP contribution in [0.15, 0.2) is 12.4 Å². The van der Waals surface area contributed by atoms with E-state index in [-0.39, 0.29) is 6.09 Å². The summed E-state index contributed by atoms with van der Waals surface area (Å²) in [6, 6.07) is 0. The van der Waals surface area contributed by atoms with Gasteiger partial charge in [0.25, 0.3) is 0 Å². The van der Waals surface area contributed by atoms with E-state index in [0.29, 0.717) is 6.54 Å². The van der Waals surface area contributed by atoms with Gasteiger partial charge in [-0.25, -0.2) is 14.8 Å². The van der Waals surface area contributed by atoms with Crippen LogP contribution in [0.3, 0.4) is 0 Å². The second kappa shape index (κ2) is 6.33. The molecule has 0 radical (unpaired) electrons. The zero-order valence-corrected chi connectivity index (χ0v) is 11.5. The van der Waals surface area contributed by atoms with Crippen LogP contribution in [0.25, 0.3) is 0 Å². The van der Waals surface area contributed by atoms with Gasteiger partial charge in [0.05, 0.1) is 0 Å². The molecule has 0 fully saturated rings. The Kier molecular flexibility index (Phi) is 5.07. The highest BCUT2D eigenvalue weighted by Gasteiger charge is 2.15. The largest absolute Gasteiger partial charge is 0.444 e. The molecule has 0 aliphatic heterocycles. The van der Waals surface area contributed by atoms with E-state index >= 15 is 0 Å². The Hall–Kier alpha value is -1.65. The topological polar surface area (TPSA) is 64.1 Å². The van der Waals surface area contributed by atoms with Crippen LogP contribution in [-0.2, 0) is 11.2 Å². The average Bonchev–Trinajstić information content (AvgIpc) is 2.24. The van der Waals surface area contributed by atoms with E-state index in [1.165, 1.54) is 0 Å². The zero-order chi connectivity index (χ0) is 13.6. The first-order chi connectivity index (χ1) is 8.37. The summed E-state index contributed by atoms with van der Waals surface area (Å²) in [5, 5.41) is 2.70. The quantitative estimate of drug-likeness (QED) is 0.833. The maximum atomic E-state index is 11.4. The van der Waals surface area contributed by atoms with Gasteiger partial charge in [-0.15, -0.1) is 0 Å². The van der Waals surface area contributed by atoms with Gasteiger partial charge in [-0.1, -0.05) is 0 Å². The zero-order valence-electron chi connectivity index (χ0n) is 11.5. The monoisotopic (exact) mass is 251 g/mol. The molecule has 0 aromatic carbocycles. The van der Waals surface area contributed by atoms with Crippen molar-refractivity contribution in [1.29, 1.82) is 0 Å². The molecule has 1 rings (SSSR count). The van der Waals surface area contributed by atoms with Gasteiger partial charge < -0.3 is 10.1 Å². The Morgan fingerprint density at radius 3 is 2.50 bits per heavy atom. The highest BCUT2D eigenvalue weighted by molar-refractivity contribution is 5.67. The van der Waals surface area contributed by atoms with E-state index in [1.54, 1.807) is 12.4 Å². The molecule has 1 aromatic rings. The van der Waals surface area contributed by atoms with Crippen LogP contribution in [0, 0.1) is 6.92 Å². The first kappa shape index (κ1) is 14.4. The van der Waals surface area contributed by atoms with Gasteiger partial charge in [-0.3, -0.25) is 0 Å². The maximum Gasteiger partial charge on any atom is 0.407 e. The molecular weight excluding hydrogens is 230 g/mol. The van der Waals surface area contributed by atoms with Crippen LogP contribution in [0.2, 0.25) is 0 Å². The highest BCUT2D eigenvalue weighted by Crippen LogP contribution is 2.06. The summed E-state index contributed by atoms with van der Waals surface area (Å²) in [6.45, 7) is 8.03. The summed E-state index contributed by atoms with van der Waals surface area (Å²) in [7, 11) is 0. The summed E-state index contributed by atoms with van der Waals surface area (Å²) >= 11 is 0. The molecule has 1 heterocycles. The SMILES string of the molecule is Cc1cnc(CCCNC(=O)OC(C)(C)C)nc1. The molecule has 0 spiro atoms. The first-order valence-corrected chi connectivity index (χ1v) is 6.11. The van der Waals surface area contributed by atoms with Gasteiger partial charge in [0, 0.05) is 25.4 Å². The van der Waals surface area contributed by atoms with Gasteiger partial charge in [0.15, 0.2) is 0 Å². The number of carbonyl (C=O) groups excluding carboxylic acids is 1. The van der Waals surface area contributed by atoms with E-state index in [1.807, 2.05) is 27.7 Å². The van der Waals surface area contributed by atoms with Crippen molar-refractivity contribution in [3.8, 4) is 0 Å². The number of rotatable bonds is 4. The minimum Gasteiger partial charge on any atom is -0.444 e. The predicted octanol–water partition coefficient (Wildman–Crippen LogP) is 2.24. The Labute approximate surface area is 108 Å². The third-order valence-corrected chi connectivity index (χ3v) is 2.08. The molecule has 0 unspecified atom stereocenters. The fourth-order valence-corrected chi connectivity index (χ4v) is 1.30. The summed E-state index contributed by atoms with van der Waals surface area (Å²) < 4.78 is 5.12. The summed E-state index contributed by atoms with van der Waals surface area (Å²) in [5.41, 5.74) is 0.593. The van der Waals surface area contributed by atoms with E-state index < -0.39 is 5.60 Å². The lowest BCUT2D eigenvalue weighted by Crippen LogP contribution is -2.33. The normalized spacial score (nSPS) is 11.1. The van der Waals surface area contributed by atoms with E-state index in [4.69, 9.17) is 4.74 Å². The summed E-state index contributed by atoms with van der Waals surface area (Å²) in [4.78, 5) is 19.7. The number of hydrogen-bond donors (Lipinski definition) is 1. The number of aryl methyl sites for hydroxylation is 2. The summed E-state index contributed by atoms with van der Waals surface area (Å²) in [5.74, 6) is 0.798. The van der Waals surface area contributed by atoms with Crippen molar-refractivity contribution < 1.29 is 9.53 Å². The van der Waals surface area contributed by atoms with Gasteiger partial charge in [-0.05, 0) is 39.7 Å². The van der Waals surface area contributed by atoms with Gasteiger partial charge in [0.2, 0.25) is 0 Å². The molecule has 5 nitrogen and oxygen atoms in total. The number of hydrogen-bond acceptors (Lipinski definition) is 4. The Morgan fingerprint density at radius 2 is 1.94 bits per heavy atom. The second-order valence-corrected chi connectivity index (χ2v) is 5.21. The highest BCUT2D eigenvalue weighted by atomic mass is 16.6. The minimum atomic E-state index is -0.454. The van der Waals surface area contributed by atoms with Gasteiger partial charge in [0.1, 0.15) is 11.4 Å². The maximum absolute atomic E-state index is 11.4. The molecule has 18 heavy (non-hydrogen) atoms. The smallest absolute Gasteiger partial charge is 0.407 e. The molecule has 1 aromatic heterocycles. The fraction of sp³-hybridized carbons (Fsp3) is 0.615. The molecule has 100 valence electrons. The molecule has 0 bridgehead atoms. The number of alkyl carbamates (subject to hydrolysis) is 1. The van der Waals surface area contributed by atoms with Crippen LogP contribution >= 0.6 is 0 Å². The van der Waals surface area contributed by atoms with Gasteiger partial charge >= 0.3 is 6.09 Å². The van der Waals surface area contributed by atoms with Crippen LogP contribution in [0.5, 0.6) is 0 Å². The van der Waals surface area contributed by atoms with Crippen LogP contribution in [0.4, 0.5) is 4.79 Å². The van der Waals surface area contributed by atoms with Gasteiger partial charge in [-0.2, -0.15) is 0 Å². The molecule has 0 saturated heterocycles. The lowest BCUT2D eigenvalue weighted by Gasteiger charge is -2.19. The molecule has 0 aliphatic carbocycles. The van der Waals surface area contributed by atoms with Crippen molar-refractivity contribution in [2.45, 2.75) is 46.1 Å². The third kappa shape index (κ3) is 6.18. The van der Waals surface area contributed by atoms with Crippen molar-refractivity contribution >= 4 is 6.09 Å². The molecule has 1 N–H and O–H groups in total. The van der Waals surface area contributed by atoms with E-state index in [9.17, 15) is 4.79 Å². The standard InChI is InChI=1S/C13H21N3O2/c1-10-8-15-11(16-9-10)6-5-7-14-12(17)18-13(2,3)4/h8-9H,5-7H2,1-4H3,(H,14,17). The van der Waals surface area contributed by atoms with E-state index in [2.05, 4.69) is 15.3 Å². The number of nitrogens with one attached hydrogen (secondary N) is 1. The Balaban J connectivity index is 2.19. The van der Waals surface area contributed by atoms with Crippen molar-refractivity contribution in [3.05, 3.63) is 23.8 Å². The Morgan fingerprint density at radius 1 is 1.33 bits per heavy atom. The molecule has 0 saturated carbocycles. The van der Waals surface area contributed by atoms with Crippen molar-refractivity contribution in [3.63, 3.8) is 0 Å². The number of aromatic nitrogens is 2. The molecule has 5 heteroatoms. The number of nitrogens with zero attached hydrogens (tertiary/aromatic N) is 2. The second-order valence-electron chi connectivity index (χ2n) is 5.21. The average molecular weight is 251 g/mol. The molecular formula is C13H21N3O2. The van der Waals surface area contributed by atoms with Crippen molar-refractivity contribution in [1.82, 2.24) is 15.3 Å². The van der Waals surface area contributed by atoms with Crippen molar-refractivity contribution in [2.75, 3.05) is 6.54 Å². The molecule has 0 atom stereocenters.